The Morgan fingerprint density at radius 2 is 0.524 bits per heavy atom. The minimum atomic E-state index is -1.54. The molecule has 570 valence electrons. The van der Waals surface area contributed by atoms with E-state index in [-0.39, 0.29) is 32.7 Å². The van der Waals surface area contributed by atoms with Crippen molar-refractivity contribution in [3.8, 4) is 0 Å². The number of rotatable bonds is 69. The molecule has 0 heterocycles. The molecule has 0 aliphatic rings. The highest BCUT2D eigenvalue weighted by Crippen LogP contribution is 2.14. The summed E-state index contributed by atoms with van der Waals surface area (Å²) in [7, 11) is 5.94. The molecule has 0 aromatic carbocycles. The number of unbranched alkanes of at least 4 members (excludes halogenated alkanes) is 10. The van der Waals surface area contributed by atoms with Gasteiger partial charge in [-0.3, -0.25) is 9.59 Å². The summed E-state index contributed by atoms with van der Waals surface area (Å²) in [5.74, 6) is -2.10. The number of allylic oxidation sites excluding steroid dienone is 44. The van der Waals surface area contributed by atoms with E-state index in [0.717, 1.165) is 193 Å². The molecular weight excluding hydrogens is 1270 g/mol. The minimum absolute atomic E-state index is 0.164. The van der Waals surface area contributed by atoms with Gasteiger partial charge in [0.15, 0.2) is 6.10 Å². The predicted molar refractivity (Wildman–Crippen MR) is 446 cm³/mol. The van der Waals surface area contributed by atoms with Crippen LogP contribution in [0.5, 0.6) is 0 Å². The highest BCUT2D eigenvalue weighted by Gasteiger charge is 2.25. The molecule has 0 spiro atoms. The molecule has 0 aliphatic carbocycles. The van der Waals surface area contributed by atoms with Crippen LogP contribution in [0.4, 0.5) is 0 Å². The zero-order valence-corrected chi connectivity index (χ0v) is 65.1. The fraction of sp³-hybridized carbons (Fsp3) is 0.500. The Kier molecular flexibility index (Phi) is 74.5. The van der Waals surface area contributed by atoms with E-state index < -0.39 is 30.3 Å². The van der Waals surface area contributed by atoms with Gasteiger partial charge in [-0.2, -0.15) is 0 Å². The normalized spacial score (nSPS) is 14.1. The van der Waals surface area contributed by atoms with Gasteiger partial charge >= 0.3 is 17.9 Å². The van der Waals surface area contributed by atoms with Crippen LogP contribution in [0, 0.1) is 0 Å². The van der Waals surface area contributed by atoms with Gasteiger partial charge in [0.05, 0.1) is 34.4 Å². The van der Waals surface area contributed by atoms with Crippen LogP contribution in [0.25, 0.3) is 0 Å². The Balaban J connectivity index is 4.27. The third kappa shape index (κ3) is 81.7. The molecule has 0 aromatic rings. The van der Waals surface area contributed by atoms with E-state index in [2.05, 4.69) is 281 Å². The van der Waals surface area contributed by atoms with Gasteiger partial charge in [0.1, 0.15) is 13.2 Å². The van der Waals surface area contributed by atoms with Gasteiger partial charge in [-0.05, 0) is 180 Å². The molecule has 2 unspecified atom stereocenters. The van der Waals surface area contributed by atoms with Crippen molar-refractivity contribution in [3.63, 3.8) is 0 Å². The first-order valence-corrected chi connectivity index (χ1v) is 39.5. The smallest absolute Gasteiger partial charge is 0.361 e. The van der Waals surface area contributed by atoms with Crippen molar-refractivity contribution in [3.05, 3.63) is 267 Å². The van der Waals surface area contributed by atoms with Crippen LogP contribution in [-0.4, -0.2) is 87.4 Å². The van der Waals surface area contributed by atoms with Crippen molar-refractivity contribution in [2.45, 2.75) is 257 Å². The first-order chi connectivity index (χ1) is 50.6. The van der Waals surface area contributed by atoms with Gasteiger partial charge < -0.3 is 28.5 Å². The highest BCUT2D eigenvalue weighted by molar-refractivity contribution is 5.71. The van der Waals surface area contributed by atoms with E-state index in [1.165, 1.54) is 12.8 Å². The molecule has 0 fully saturated rings. The Morgan fingerprint density at radius 1 is 0.291 bits per heavy atom. The van der Waals surface area contributed by atoms with Crippen LogP contribution in [0.2, 0.25) is 0 Å². The average Bonchev–Trinajstić information content (AvgIpc) is 1.01. The van der Waals surface area contributed by atoms with Crippen LogP contribution in [0.1, 0.15) is 245 Å². The van der Waals surface area contributed by atoms with Gasteiger partial charge in [-0.25, -0.2) is 4.79 Å². The van der Waals surface area contributed by atoms with E-state index in [4.69, 9.17) is 18.9 Å². The van der Waals surface area contributed by atoms with E-state index in [1.807, 2.05) is 21.1 Å². The fourth-order valence-electron chi connectivity index (χ4n) is 9.55. The molecule has 0 saturated carbocycles. The van der Waals surface area contributed by atoms with Crippen molar-refractivity contribution in [1.82, 2.24) is 0 Å². The summed E-state index contributed by atoms with van der Waals surface area (Å²) in [6.07, 6.45) is 129. The number of ether oxygens (including phenoxy) is 4. The zero-order valence-electron chi connectivity index (χ0n) is 65.1. The minimum Gasteiger partial charge on any atom is -0.477 e. The quantitative estimate of drug-likeness (QED) is 0.0211. The van der Waals surface area contributed by atoms with Crippen molar-refractivity contribution < 1.29 is 42.9 Å². The number of carbonyl (C=O) groups excluding carboxylic acids is 2. The maximum absolute atomic E-state index is 13.0. The number of hydrogen-bond donors (Lipinski definition) is 1. The number of likely N-dealkylation sites (N-methyl/N-ethyl adjacent to an activating group) is 1. The molecule has 0 radical (unpaired) electrons. The monoisotopic (exact) mass is 1410 g/mol. The van der Waals surface area contributed by atoms with Crippen LogP contribution in [-0.2, 0) is 33.3 Å². The second-order valence-electron chi connectivity index (χ2n) is 26.2. The third-order valence-corrected chi connectivity index (χ3v) is 15.5. The lowest BCUT2D eigenvalue weighted by molar-refractivity contribution is -0.870. The lowest BCUT2D eigenvalue weighted by Gasteiger charge is -2.25. The SMILES string of the molecule is CC/C=C\C/C=C\C/C=C\C/C=C\C/C=C\C/C=C\C/C=C\C/C=C\C/C=C\C/C=C\C/C=C\CCCCCCCCCC(=O)OC(COC(=O)CCCCC/C=C\C/C=C\C/C=C\C/C=C\C/C=C\C/C=C\C/C=C\C/C=C\C/C=C\C/C=C\C/C=C\CC)COC(OCC[N+](C)(C)C)C(=O)O. The molecule has 9 heteroatoms. The Hall–Kier alpha value is -7.43. The molecule has 0 rings (SSSR count). The second-order valence-corrected chi connectivity index (χ2v) is 26.2. The fourth-order valence-corrected chi connectivity index (χ4v) is 9.55. The number of hydrogen-bond acceptors (Lipinski definition) is 7. The van der Waals surface area contributed by atoms with Gasteiger partial charge in [0.25, 0.3) is 6.29 Å². The molecule has 2 atom stereocenters. The molecule has 0 aliphatic heterocycles. The van der Waals surface area contributed by atoms with Crippen LogP contribution < -0.4 is 0 Å². The number of carboxylic acid groups (broad SMARTS) is 1. The van der Waals surface area contributed by atoms with Crippen molar-refractivity contribution in [1.29, 1.82) is 0 Å². The molecule has 9 nitrogen and oxygen atoms in total. The van der Waals surface area contributed by atoms with Gasteiger partial charge in [0, 0.05) is 12.8 Å². The van der Waals surface area contributed by atoms with Crippen molar-refractivity contribution in [2.75, 3.05) is 47.5 Å². The molecule has 0 bridgehead atoms. The largest absolute Gasteiger partial charge is 0.477 e. The van der Waals surface area contributed by atoms with E-state index in [0.29, 0.717) is 23.9 Å². The topological polar surface area (TPSA) is 108 Å². The van der Waals surface area contributed by atoms with Crippen LogP contribution >= 0.6 is 0 Å². The second kappa shape index (κ2) is 80.3. The zero-order chi connectivity index (χ0) is 74.6. The number of aliphatic carboxylic acids is 1. The Bertz CT molecular complexity index is 2710. The number of carboxylic acids is 1. The Morgan fingerprint density at radius 3 is 0.786 bits per heavy atom. The van der Waals surface area contributed by atoms with E-state index >= 15 is 0 Å². The maximum atomic E-state index is 13.0. The van der Waals surface area contributed by atoms with Gasteiger partial charge in [0.2, 0.25) is 0 Å². The number of esters is 2. The summed E-state index contributed by atoms with van der Waals surface area (Å²) in [6.45, 7) is 4.56. The Labute approximate surface area is 629 Å². The molecule has 103 heavy (non-hydrogen) atoms. The summed E-state index contributed by atoms with van der Waals surface area (Å²) in [4.78, 5) is 37.7. The first kappa shape index (κ1) is 95.6. The van der Waals surface area contributed by atoms with Crippen molar-refractivity contribution >= 4 is 17.9 Å². The summed E-state index contributed by atoms with van der Waals surface area (Å²) < 4.78 is 22.9. The molecular formula is C94H142NO8+. The summed E-state index contributed by atoms with van der Waals surface area (Å²) in [6, 6.07) is 0. The van der Waals surface area contributed by atoms with Crippen LogP contribution in [0.3, 0.4) is 0 Å². The average molecular weight is 1410 g/mol. The lowest BCUT2D eigenvalue weighted by atomic mass is 10.1. The summed E-state index contributed by atoms with van der Waals surface area (Å²) in [5, 5.41) is 9.77. The summed E-state index contributed by atoms with van der Waals surface area (Å²) in [5.41, 5.74) is 0. The molecule has 1 N–H and O–H groups in total. The van der Waals surface area contributed by atoms with Gasteiger partial charge in [-0.1, -0.05) is 320 Å². The van der Waals surface area contributed by atoms with Crippen LogP contribution in [0.15, 0.2) is 267 Å². The molecule has 0 amide bonds. The van der Waals surface area contributed by atoms with Gasteiger partial charge in [-0.15, -0.1) is 0 Å². The number of carbonyl (C=O) groups is 3. The first-order valence-electron chi connectivity index (χ1n) is 39.5. The third-order valence-electron chi connectivity index (χ3n) is 15.5. The number of quaternary nitrogens is 1. The highest BCUT2D eigenvalue weighted by atomic mass is 16.7. The number of nitrogens with zero attached hydrogens (tertiary/aromatic N) is 1. The molecule has 0 saturated heterocycles. The molecule has 0 aromatic heterocycles. The predicted octanol–water partition coefficient (Wildman–Crippen LogP) is 25.9. The van der Waals surface area contributed by atoms with E-state index in [1.54, 1.807) is 0 Å². The lowest BCUT2D eigenvalue weighted by Crippen LogP contribution is -2.40. The van der Waals surface area contributed by atoms with Crippen molar-refractivity contribution in [2.24, 2.45) is 0 Å². The maximum Gasteiger partial charge on any atom is 0.361 e. The standard InChI is InChI=1S/C94H141NO8/c1-6-8-10-12-14-16-18-20-22-24-26-28-30-32-34-36-38-40-42-44-45-46-47-49-51-53-55-57-59-61-63-65-67-69-71-73-75-77-79-81-83-85-92(97)103-90(89-102-94(93(98)99)100-87-86-95(3,4)5)88-101-91(96)84-82-80-78-76-74-72-70-68-66-64-62-60-58-56-54-52-50-48-43-41-39-37-35-33-31-29-27-25-23-21-19-17-15-13-11-9-7-2/h8-11,14-17,20-23,26-29,32-35,38-41,44-45,47-50,53-56,59-62,65-68,72,74,90,94H,6-7,12-13,18-19,24-25,30-31,36-37,42-43,46,51-52,57-58,63-64,69-71,73,75-89H2,1-5H3/p+1/b10-8-,11-9-,16-14-,17-15-,22-20-,23-21-,28-26-,29-27-,34-32-,35-33-,40-38-,41-39-,45-44-,49-47-,50-48-,55-53-,56-54-,61-59-,62-60-,67-65-,68-66-,74-72-. The summed E-state index contributed by atoms with van der Waals surface area (Å²) >= 11 is 0. The van der Waals surface area contributed by atoms with E-state index in [9.17, 15) is 19.5 Å².